The Morgan fingerprint density at radius 1 is 1.05 bits per heavy atom. The van der Waals surface area contributed by atoms with Gasteiger partial charge in [-0.3, -0.25) is 4.40 Å². The number of aromatic nitrogens is 4. The number of halogens is 1. The Kier molecular flexibility index (Phi) is 6.42. The molecule has 0 spiro atoms. The molecule has 6 rings (SSSR count). The number of piperidine rings is 1. The Morgan fingerprint density at radius 3 is 2.63 bits per heavy atom. The maximum Gasteiger partial charge on any atom is 0.243 e. The first kappa shape index (κ1) is 24.7. The molecule has 0 aliphatic carbocycles. The number of nitrogens with zero attached hydrogens (tertiary/aromatic N) is 5. The first-order valence-electron chi connectivity index (χ1n) is 12.3. The predicted molar refractivity (Wildman–Crippen MR) is 146 cm³/mol. The summed E-state index contributed by atoms with van der Waals surface area (Å²) < 4.78 is 43.5. The number of benzene rings is 2. The Morgan fingerprint density at radius 2 is 1.84 bits per heavy atom. The summed E-state index contributed by atoms with van der Waals surface area (Å²) in [6.45, 7) is 2.73. The van der Waals surface area contributed by atoms with Gasteiger partial charge in [0.2, 0.25) is 16.0 Å². The van der Waals surface area contributed by atoms with E-state index in [1.807, 2.05) is 41.1 Å². The lowest BCUT2D eigenvalue weighted by Crippen LogP contribution is -2.45. The van der Waals surface area contributed by atoms with Crippen LogP contribution in [-0.2, 0) is 10.0 Å². The van der Waals surface area contributed by atoms with Gasteiger partial charge in [-0.15, -0.1) is 11.3 Å². The van der Waals surface area contributed by atoms with Crippen LogP contribution in [0.15, 0.2) is 77.3 Å². The minimum atomic E-state index is -3.59. The van der Waals surface area contributed by atoms with Crippen LogP contribution in [0.25, 0.3) is 27.6 Å². The maximum atomic E-state index is 13.6. The number of nitrogens with one attached hydrogen (secondary N) is 1. The summed E-state index contributed by atoms with van der Waals surface area (Å²) in [5, 5.41) is 5.30. The molecule has 194 valence electrons. The molecule has 38 heavy (non-hydrogen) atoms. The van der Waals surface area contributed by atoms with E-state index in [1.165, 1.54) is 27.8 Å². The van der Waals surface area contributed by atoms with Gasteiger partial charge in [0.05, 0.1) is 16.3 Å². The zero-order chi connectivity index (χ0) is 26.3. The lowest BCUT2D eigenvalue weighted by atomic mass is 10.1. The van der Waals surface area contributed by atoms with Crippen LogP contribution in [0, 0.1) is 12.7 Å². The van der Waals surface area contributed by atoms with Gasteiger partial charge >= 0.3 is 0 Å². The Labute approximate surface area is 223 Å². The van der Waals surface area contributed by atoms with Gasteiger partial charge < -0.3 is 5.32 Å². The molecule has 0 unspecified atom stereocenters. The van der Waals surface area contributed by atoms with Crippen molar-refractivity contribution in [1.29, 1.82) is 0 Å². The molecule has 3 aromatic heterocycles. The van der Waals surface area contributed by atoms with E-state index in [4.69, 9.17) is 9.97 Å². The fourth-order valence-electron chi connectivity index (χ4n) is 4.72. The highest BCUT2D eigenvalue weighted by Gasteiger charge is 2.30. The SMILES string of the molecule is Cc1ccc(S(=O)(=O)N2CCC[C@@H](Nc3nccc(-c4c(-c5ccc(F)cc5)nc5sccn45)n3)C2)cc1. The van der Waals surface area contributed by atoms with E-state index in [-0.39, 0.29) is 11.9 Å². The topological polar surface area (TPSA) is 92.5 Å². The maximum absolute atomic E-state index is 13.6. The van der Waals surface area contributed by atoms with Crippen molar-refractivity contribution in [3.8, 4) is 22.6 Å². The second-order valence-electron chi connectivity index (χ2n) is 9.30. The van der Waals surface area contributed by atoms with Crippen molar-refractivity contribution in [3.63, 3.8) is 0 Å². The highest BCUT2D eigenvalue weighted by atomic mass is 32.2. The molecule has 1 aliphatic rings. The molecule has 2 aromatic carbocycles. The predicted octanol–water partition coefficient (Wildman–Crippen LogP) is 5.23. The second kappa shape index (κ2) is 9.90. The number of aryl methyl sites for hydroxylation is 1. The smallest absolute Gasteiger partial charge is 0.243 e. The average molecular weight is 549 g/mol. The molecule has 8 nitrogen and oxygen atoms in total. The monoisotopic (exact) mass is 548 g/mol. The Balaban J connectivity index is 1.27. The van der Waals surface area contributed by atoms with Gasteiger partial charge in [0, 0.05) is 42.5 Å². The van der Waals surface area contributed by atoms with E-state index >= 15 is 0 Å². The molecule has 1 N–H and O–H groups in total. The van der Waals surface area contributed by atoms with E-state index in [1.54, 1.807) is 30.5 Å². The summed E-state index contributed by atoms with van der Waals surface area (Å²) in [4.78, 5) is 15.1. The number of sulfonamides is 1. The summed E-state index contributed by atoms with van der Waals surface area (Å²) >= 11 is 1.51. The standard InChI is InChI=1S/C27H25FN6O2S2/c1-18-4-10-22(11-5-18)38(35,36)33-14-2-3-21(17-33)30-26-29-13-12-23(31-26)25-24(19-6-8-20(28)9-7-19)32-27-34(25)15-16-37-27/h4-13,15-16,21H,2-3,14,17H2,1H3,(H,29,30,31)/t21-/m1/s1. The van der Waals surface area contributed by atoms with Crippen LogP contribution in [0.1, 0.15) is 18.4 Å². The van der Waals surface area contributed by atoms with Gasteiger partial charge in [-0.2, -0.15) is 4.31 Å². The molecule has 1 aliphatic heterocycles. The van der Waals surface area contributed by atoms with E-state index in [2.05, 4.69) is 10.3 Å². The van der Waals surface area contributed by atoms with E-state index < -0.39 is 10.0 Å². The van der Waals surface area contributed by atoms with Crippen LogP contribution in [0.5, 0.6) is 0 Å². The minimum absolute atomic E-state index is 0.137. The highest BCUT2D eigenvalue weighted by Crippen LogP contribution is 2.34. The van der Waals surface area contributed by atoms with Gasteiger partial charge in [-0.25, -0.2) is 27.8 Å². The zero-order valence-corrected chi connectivity index (χ0v) is 22.2. The largest absolute Gasteiger partial charge is 0.350 e. The minimum Gasteiger partial charge on any atom is -0.350 e. The number of imidazole rings is 1. The number of hydrogen-bond acceptors (Lipinski definition) is 7. The van der Waals surface area contributed by atoms with Crippen LogP contribution >= 0.6 is 11.3 Å². The molecule has 1 saturated heterocycles. The molecule has 5 aromatic rings. The van der Waals surface area contributed by atoms with Crippen molar-refractivity contribution in [2.45, 2.75) is 30.7 Å². The fourth-order valence-corrected chi connectivity index (χ4v) is 6.96. The van der Waals surface area contributed by atoms with Crippen molar-refractivity contribution in [2.75, 3.05) is 18.4 Å². The van der Waals surface area contributed by atoms with Gasteiger partial charge in [0.1, 0.15) is 11.5 Å². The second-order valence-corrected chi connectivity index (χ2v) is 12.1. The summed E-state index contributed by atoms with van der Waals surface area (Å²) in [7, 11) is -3.59. The van der Waals surface area contributed by atoms with Crippen molar-refractivity contribution in [1.82, 2.24) is 23.7 Å². The molecule has 1 fully saturated rings. The van der Waals surface area contributed by atoms with Crippen LogP contribution in [0.2, 0.25) is 0 Å². The summed E-state index contributed by atoms with van der Waals surface area (Å²) in [5.41, 5.74) is 3.95. The third-order valence-corrected chi connectivity index (χ3v) is 9.29. The third-order valence-electron chi connectivity index (χ3n) is 6.65. The first-order valence-corrected chi connectivity index (χ1v) is 14.6. The van der Waals surface area contributed by atoms with Crippen molar-refractivity contribution >= 4 is 32.3 Å². The summed E-state index contributed by atoms with van der Waals surface area (Å²) in [6, 6.07) is 14.9. The lowest BCUT2D eigenvalue weighted by Gasteiger charge is -2.32. The van der Waals surface area contributed by atoms with Crippen molar-refractivity contribution in [2.24, 2.45) is 0 Å². The molecule has 4 heterocycles. The van der Waals surface area contributed by atoms with Gasteiger partial charge in [0.25, 0.3) is 0 Å². The summed E-state index contributed by atoms with van der Waals surface area (Å²) in [6.07, 6.45) is 5.14. The van der Waals surface area contributed by atoms with Crippen LogP contribution < -0.4 is 5.32 Å². The van der Waals surface area contributed by atoms with Gasteiger partial charge in [-0.05, 0) is 62.2 Å². The number of anilines is 1. The lowest BCUT2D eigenvalue weighted by molar-refractivity contribution is 0.326. The number of hydrogen-bond donors (Lipinski definition) is 1. The van der Waals surface area contributed by atoms with E-state index in [0.29, 0.717) is 35.3 Å². The van der Waals surface area contributed by atoms with Gasteiger partial charge in [-0.1, -0.05) is 17.7 Å². The van der Waals surface area contributed by atoms with E-state index in [9.17, 15) is 12.8 Å². The molecule has 11 heteroatoms. The number of fused-ring (bicyclic) bond motifs is 1. The molecule has 0 saturated carbocycles. The van der Waals surface area contributed by atoms with Crippen molar-refractivity contribution in [3.05, 3.63) is 83.8 Å². The normalized spacial score (nSPS) is 16.6. The molecule has 0 amide bonds. The zero-order valence-electron chi connectivity index (χ0n) is 20.6. The van der Waals surface area contributed by atoms with Crippen molar-refractivity contribution < 1.29 is 12.8 Å². The average Bonchev–Trinajstić information content (AvgIpc) is 3.51. The molecule has 0 radical (unpaired) electrons. The Bertz CT molecular complexity index is 1700. The Hall–Kier alpha value is -3.67. The van der Waals surface area contributed by atoms with Crippen LogP contribution in [0.3, 0.4) is 0 Å². The van der Waals surface area contributed by atoms with Crippen LogP contribution in [-0.4, -0.2) is 51.2 Å². The van der Waals surface area contributed by atoms with Gasteiger partial charge in [0.15, 0.2) is 4.96 Å². The van der Waals surface area contributed by atoms with Crippen LogP contribution in [0.4, 0.5) is 10.3 Å². The summed E-state index contributed by atoms with van der Waals surface area (Å²) in [5.74, 6) is 0.105. The third kappa shape index (κ3) is 4.68. The molecule has 1 atom stereocenters. The number of thiazole rings is 1. The molecular weight excluding hydrogens is 523 g/mol. The highest BCUT2D eigenvalue weighted by molar-refractivity contribution is 7.89. The number of rotatable bonds is 6. The van der Waals surface area contributed by atoms with E-state index in [0.717, 1.165) is 34.6 Å². The molecule has 0 bridgehead atoms. The quantitative estimate of drug-likeness (QED) is 0.312. The first-order chi connectivity index (χ1) is 18.4. The molecular formula is C27H25FN6O2S2. The fraction of sp³-hybridized carbons (Fsp3) is 0.222.